The molecule has 102 valence electrons. The van der Waals surface area contributed by atoms with Gasteiger partial charge in [-0.05, 0) is 26.5 Å². The number of aliphatic hydroxyl groups is 1. The first kappa shape index (κ1) is 15.1. The highest BCUT2D eigenvalue weighted by Crippen LogP contribution is 2.20. The summed E-state index contributed by atoms with van der Waals surface area (Å²) >= 11 is 0. The average molecular weight is 255 g/mol. The average Bonchev–Trinajstić information content (AvgIpc) is 2.36. The van der Waals surface area contributed by atoms with Crippen LogP contribution in [0, 0.1) is 5.82 Å². The van der Waals surface area contributed by atoms with Crippen molar-refractivity contribution in [3.63, 3.8) is 0 Å². The summed E-state index contributed by atoms with van der Waals surface area (Å²) in [5.41, 5.74) is 0.366. The van der Waals surface area contributed by atoms with E-state index in [-0.39, 0.29) is 11.9 Å². The summed E-state index contributed by atoms with van der Waals surface area (Å²) in [4.78, 5) is 2.09. The van der Waals surface area contributed by atoms with Gasteiger partial charge in [-0.15, -0.1) is 0 Å². The Labute approximate surface area is 108 Å². The quantitative estimate of drug-likeness (QED) is 0.811. The molecule has 1 aromatic rings. The smallest absolute Gasteiger partial charge is 0.128 e. The zero-order valence-electron chi connectivity index (χ0n) is 11.3. The van der Waals surface area contributed by atoms with E-state index in [0.29, 0.717) is 25.1 Å². The van der Waals surface area contributed by atoms with Gasteiger partial charge in [-0.3, -0.25) is 0 Å². The zero-order valence-corrected chi connectivity index (χ0v) is 11.3. The fourth-order valence-corrected chi connectivity index (χ4v) is 1.82. The third-order valence-corrected chi connectivity index (χ3v) is 3.18. The number of nitrogens with zero attached hydrogens (tertiary/aromatic N) is 1. The Kier molecular flexibility index (Phi) is 6.25. The summed E-state index contributed by atoms with van der Waals surface area (Å²) in [6.45, 7) is 3.39. The van der Waals surface area contributed by atoms with Crippen molar-refractivity contribution in [2.45, 2.75) is 25.5 Å². The molecule has 0 spiro atoms. The number of methoxy groups -OCH3 is 1. The van der Waals surface area contributed by atoms with E-state index >= 15 is 0 Å². The Hall–Kier alpha value is -0.970. The van der Waals surface area contributed by atoms with Crippen molar-refractivity contribution in [1.29, 1.82) is 0 Å². The van der Waals surface area contributed by atoms with Crippen LogP contribution in [-0.2, 0) is 4.74 Å². The van der Waals surface area contributed by atoms with Crippen molar-refractivity contribution < 1.29 is 14.2 Å². The molecule has 0 fully saturated rings. The van der Waals surface area contributed by atoms with Gasteiger partial charge in [0.05, 0.1) is 12.7 Å². The first-order valence-electron chi connectivity index (χ1n) is 6.18. The third kappa shape index (κ3) is 4.37. The van der Waals surface area contributed by atoms with Gasteiger partial charge in [0.25, 0.3) is 0 Å². The van der Waals surface area contributed by atoms with Crippen molar-refractivity contribution in [2.75, 3.05) is 27.3 Å². The maximum Gasteiger partial charge on any atom is 0.128 e. The molecule has 1 N–H and O–H groups in total. The van der Waals surface area contributed by atoms with Crippen LogP contribution in [0.2, 0.25) is 0 Å². The minimum Gasteiger partial charge on any atom is -0.388 e. The maximum absolute atomic E-state index is 13.5. The predicted molar refractivity (Wildman–Crippen MR) is 69.9 cm³/mol. The van der Waals surface area contributed by atoms with Crippen molar-refractivity contribution in [3.8, 4) is 0 Å². The van der Waals surface area contributed by atoms with Crippen LogP contribution in [0.3, 0.4) is 0 Å². The van der Waals surface area contributed by atoms with Crippen LogP contribution in [-0.4, -0.2) is 43.4 Å². The Morgan fingerprint density at radius 3 is 2.67 bits per heavy atom. The summed E-state index contributed by atoms with van der Waals surface area (Å²) < 4.78 is 18.5. The summed E-state index contributed by atoms with van der Waals surface area (Å²) in [6, 6.07) is 6.63. The largest absolute Gasteiger partial charge is 0.388 e. The van der Waals surface area contributed by atoms with Gasteiger partial charge in [-0.25, -0.2) is 4.39 Å². The highest BCUT2D eigenvalue weighted by Gasteiger charge is 2.15. The minimum absolute atomic E-state index is 0.280. The molecule has 2 atom stereocenters. The molecule has 18 heavy (non-hydrogen) atoms. The normalized spacial score (nSPS) is 14.8. The molecular formula is C14H22FNO2. The third-order valence-electron chi connectivity index (χ3n) is 3.18. The molecule has 2 unspecified atom stereocenters. The number of aliphatic hydroxyl groups excluding tert-OH is 1. The van der Waals surface area contributed by atoms with Gasteiger partial charge in [0.2, 0.25) is 0 Å². The van der Waals surface area contributed by atoms with Crippen molar-refractivity contribution >= 4 is 0 Å². The van der Waals surface area contributed by atoms with Crippen LogP contribution < -0.4 is 0 Å². The van der Waals surface area contributed by atoms with E-state index < -0.39 is 6.10 Å². The second-order valence-corrected chi connectivity index (χ2v) is 4.61. The maximum atomic E-state index is 13.5. The SMILES string of the molecule is COCC(C)N(C)CCC(O)c1ccccc1F. The number of rotatable bonds is 7. The second-order valence-electron chi connectivity index (χ2n) is 4.61. The molecular weight excluding hydrogens is 233 g/mol. The van der Waals surface area contributed by atoms with E-state index in [1.165, 1.54) is 6.07 Å². The molecule has 0 amide bonds. The van der Waals surface area contributed by atoms with Crippen LogP contribution in [0.5, 0.6) is 0 Å². The molecule has 0 saturated carbocycles. The molecule has 0 aliphatic rings. The Morgan fingerprint density at radius 1 is 1.39 bits per heavy atom. The van der Waals surface area contributed by atoms with Crippen molar-refractivity contribution in [3.05, 3.63) is 35.6 Å². The predicted octanol–water partition coefficient (Wildman–Crippen LogP) is 2.22. The highest BCUT2D eigenvalue weighted by molar-refractivity contribution is 5.19. The first-order chi connectivity index (χ1) is 8.56. The van der Waals surface area contributed by atoms with Gasteiger partial charge in [0, 0.05) is 25.3 Å². The van der Waals surface area contributed by atoms with Crippen LogP contribution in [0.25, 0.3) is 0 Å². The van der Waals surface area contributed by atoms with Crippen LogP contribution in [0.15, 0.2) is 24.3 Å². The topological polar surface area (TPSA) is 32.7 Å². The number of hydrogen-bond acceptors (Lipinski definition) is 3. The number of benzene rings is 1. The zero-order chi connectivity index (χ0) is 13.5. The van der Waals surface area contributed by atoms with Crippen LogP contribution >= 0.6 is 0 Å². The van der Waals surface area contributed by atoms with E-state index in [4.69, 9.17) is 4.74 Å². The molecule has 0 aliphatic heterocycles. The lowest BCUT2D eigenvalue weighted by atomic mass is 10.1. The van der Waals surface area contributed by atoms with Gasteiger partial charge in [-0.1, -0.05) is 18.2 Å². The van der Waals surface area contributed by atoms with E-state index in [1.54, 1.807) is 25.3 Å². The highest BCUT2D eigenvalue weighted by atomic mass is 19.1. The lowest BCUT2D eigenvalue weighted by Gasteiger charge is -2.25. The Morgan fingerprint density at radius 2 is 2.06 bits per heavy atom. The molecule has 1 aromatic carbocycles. The molecule has 0 saturated heterocycles. The van der Waals surface area contributed by atoms with Gasteiger partial charge in [0.15, 0.2) is 0 Å². The molecule has 3 nitrogen and oxygen atoms in total. The molecule has 4 heteroatoms. The number of likely N-dealkylation sites (N-methyl/N-ethyl adjacent to an activating group) is 1. The Bertz CT molecular complexity index is 359. The second kappa shape index (κ2) is 7.46. The molecule has 1 rings (SSSR count). The van der Waals surface area contributed by atoms with Crippen molar-refractivity contribution in [2.24, 2.45) is 0 Å². The van der Waals surface area contributed by atoms with Gasteiger partial charge in [0.1, 0.15) is 5.82 Å². The standard InChI is InChI=1S/C14H22FNO2/c1-11(10-18-3)16(2)9-8-14(17)12-6-4-5-7-13(12)15/h4-7,11,14,17H,8-10H2,1-3H3. The molecule has 0 radical (unpaired) electrons. The monoisotopic (exact) mass is 255 g/mol. The summed E-state index contributed by atoms with van der Waals surface area (Å²) in [5, 5.41) is 9.96. The van der Waals surface area contributed by atoms with E-state index in [0.717, 1.165) is 0 Å². The van der Waals surface area contributed by atoms with Gasteiger partial charge >= 0.3 is 0 Å². The molecule has 0 bridgehead atoms. The summed E-state index contributed by atoms with van der Waals surface area (Å²) in [5.74, 6) is -0.349. The van der Waals surface area contributed by atoms with Crippen LogP contribution in [0.1, 0.15) is 25.0 Å². The van der Waals surface area contributed by atoms with Gasteiger partial charge in [-0.2, -0.15) is 0 Å². The van der Waals surface area contributed by atoms with E-state index in [1.807, 2.05) is 7.05 Å². The fourth-order valence-electron chi connectivity index (χ4n) is 1.82. The summed E-state index contributed by atoms with van der Waals surface area (Å²) in [7, 11) is 3.64. The van der Waals surface area contributed by atoms with Gasteiger partial charge < -0.3 is 14.7 Å². The fraction of sp³-hybridized carbons (Fsp3) is 0.571. The Balaban J connectivity index is 2.46. The van der Waals surface area contributed by atoms with Crippen LogP contribution in [0.4, 0.5) is 4.39 Å². The minimum atomic E-state index is -0.761. The number of hydrogen-bond donors (Lipinski definition) is 1. The van der Waals surface area contributed by atoms with E-state index in [2.05, 4.69) is 11.8 Å². The molecule has 0 aliphatic carbocycles. The lowest BCUT2D eigenvalue weighted by Crippen LogP contribution is -2.34. The number of halogens is 1. The molecule has 0 aromatic heterocycles. The molecule has 0 heterocycles. The number of ether oxygens (including phenoxy) is 1. The van der Waals surface area contributed by atoms with E-state index in [9.17, 15) is 9.50 Å². The summed E-state index contributed by atoms with van der Waals surface area (Å²) in [6.07, 6.45) is -0.255. The lowest BCUT2D eigenvalue weighted by molar-refractivity contribution is 0.0950. The van der Waals surface area contributed by atoms with Crippen molar-refractivity contribution in [1.82, 2.24) is 4.90 Å². The first-order valence-corrected chi connectivity index (χ1v) is 6.18.